The molecule has 0 N–H and O–H groups in total. The summed E-state index contributed by atoms with van der Waals surface area (Å²) in [7, 11) is 2.27. The van der Waals surface area contributed by atoms with Crippen molar-refractivity contribution in [1.82, 2.24) is 0 Å². The molecule has 1 aliphatic heterocycles. The third kappa shape index (κ3) is 4.80. The second kappa shape index (κ2) is 7.71. The summed E-state index contributed by atoms with van der Waals surface area (Å²) in [5.74, 6) is 0.164. The van der Waals surface area contributed by atoms with Crippen molar-refractivity contribution in [2.75, 3.05) is 33.3 Å². The smallest absolute Gasteiger partial charge is 0.165 e. The van der Waals surface area contributed by atoms with Gasteiger partial charge in [0.15, 0.2) is 11.6 Å². The normalized spacial score (nSPS) is 17.6. The van der Waals surface area contributed by atoms with Crippen molar-refractivity contribution in [2.24, 2.45) is 0 Å². The van der Waals surface area contributed by atoms with Crippen molar-refractivity contribution < 1.29 is 46.3 Å². The standard InChI is InChI=1S/C15H23FNO.Y/c1-13-7-6-8-14(16)15(13)18-12-11-17(2)9-4-3-5-10-17;/h6-8H,3-5,9-12H2,1-2H3;/q+1;. The van der Waals surface area contributed by atoms with Gasteiger partial charge < -0.3 is 9.22 Å². The maximum Gasteiger partial charge on any atom is 0.165 e. The number of halogens is 1. The maximum atomic E-state index is 13.6. The Morgan fingerprint density at radius 3 is 2.53 bits per heavy atom. The topological polar surface area (TPSA) is 9.23 Å². The van der Waals surface area contributed by atoms with Crippen LogP contribution < -0.4 is 4.74 Å². The van der Waals surface area contributed by atoms with Crippen molar-refractivity contribution in [3.05, 3.63) is 29.6 Å². The molecule has 19 heavy (non-hydrogen) atoms. The minimum atomic E-state index is -0.253. The summed E-state index contributed by atoms with van der Waals surface area (Å²) in [6.45, 7) is 5.89. The molecule has 1 aromatic carbocycles. The number of rotatable bonds is 4. The fourth-order valence-corrected chi connectivity index (χ4v) is 2.67. The number of aryl methyl sites for hydroxylation is 1. The minimum absolute atomic E-state index is 0. The molecule has 0 atom stereocenters. The first-order valence-corrected chi connectivity index (χ1v) is 6.82. The van der Waals surface area contributed by atoms with Crippen LogP contribution in [0.5, 0.6) is 5.75 Å². The predicted molar refractivity (Wildman–Crippen MR) is 71.3 cm³/mol. The molecule has 1 aliphatic rings. The molecule has 103 valence electrons. The third-order valence-electron chi connectivity index (χ3n) is 3.94. The van der Waals surface area contributed by atoms with Crippen LogP contribution in [0, 0.1) is 12.7 Å². The Balaban J connectivity index is 0.00000180. The van der Waals surface area contributed by atoms with Gasteiger partial charge in [-0.2, -0.15) is 0 Å². The van der Waals surface area contributed by atoms with E-state index in [-0.39, 0.29) is 38.5 Å². The average Bonchev–Trinajstić information content (AvgIpc) is 2.34. The number of likely N-dealkylation sites (N-methyl/N-ethyl adjacent to an activating group) is 1. The SMILES string of the molecule is Cc1cccc(F)c1OCC[N+]1(C)CCCCC1.[Y]. The number of hydrogen-bond donors (Lipinski definition) is 0. The summed E-state index contributed by atoms with van der Waals surface area (Å²) in [6.07, 6.45) is 3.95. The van der Waals surface area contributed by atoms with Crippen LogP contribution in [0.3, 0.4) is 0 Å². The second-order valence-electron chi connectivity index (χ2n) is 5.59. The molecule has 0 aliphatic carbocycles. The van der Waals surface area contributed by atoms with Crippen LogP contribution in [0.25, 0.3) is 0 Å². The molecule has 0 saturated carbocycles. The van der Waals surface area contributed by atoms with Crippen LogP contribution in [-0.4, -0.2) is 37.8 Å². The zero-order valence-electron chi connectivity index (χ0n) is 12.0. The van der Waals surface area contributed by atoms with Crippen LogP contribution in [-0.2, 0) is 32.7 Å². The number of piperidine rings is 1. The van der Waals surface area contributed by atoms with Crippen molar-refractivity contribution in [1.29, 1.82) is 0 Å². The van der Waals surface area contributed by atoms with E-state index in [2.05, 4.69) is 7.05 Å². The molecule has 2 rings (SSSR count). The van der Waals surface area contributed by atoms with E-state index in [1.807, 2.05) is 13.0 Å². The van der Waals surface area contributed by atoms with Crippen LogP contribution in [0.2, 0.25) is 0 Å². The van der Waals surface area contributed by atoms with Crippen molar-refractivity contribution in [3.63, 3.8) is 0 Å². The van der Waals surface area contributed by atoms with Crippen LogP contribution in [0.4, 0.5) is 4.39 Å². The fourth-order valence-electron chi connectivity index (χ4n) is 2.67. The number of para-hydroxylation sites is 1. The van der Waals surface area contributed by atoms with Crippen LogP contribution in [0.1, 0.15) is 24.8 Å². The fraction of sp³-hybridized carbons (Fsp3) is 0.600. The van der Waals surface area contributed by atoms with Gasteiger partial charge in [0.2, 0.25) is 0 Å². The Kier molecular flexibility index (Phi) is 6.92. The molecular weight excluding hydrogens is 318 g/mol. The molecule has 1 heterocycles. The summed E-state index contributed by atoms with van der Waals surface area (Å²) >= 11 is 0. The number of nitrogens with zero attached hydrogens (tertiary/aromatic N) is 1. The van der Waals surface area contributed by atoms with Crippen LogP contribution >= 0.6 is 0 Å². The zero-order valence-corrected chi connectivity index (χ0v) is 14.8. The van der Waals surface area contributed by atoms with Gasteiger partial charge in [-0.25, -0.2) is 4.39 Å². The molecule has 0 unspecified atom stereocenters. The van der Waals surface area contributed by atoms with Crippen molar-refractivity contribution in [3.8, 4) is 5.75 Å². The van der Waals surface area contributed by atoms with Gasteiger partial charge in [-0.3, -0.25) is 0 Å². The van der Waals surface area contributed by atoms with Gasteiger partial charge >= 0.3 is 0 Å². The molecule has 0 aromatic heterocycles. The summed E-state index contributed by atoms with van der Waals surface area (Å²) in [5.41, 5.74) is 0.872. The van der Waals surface area contributed by atoms with Crippen molar-refractivity contribution >= 4 is 0 Å². The molecule has 0 bridgehead atoms. The van der Waals surface area contributed by atoms with Crippen molar-refractivity contribution in [2.45, 2.75) is 26.2 Å². The molecular formula is C15H23FNOY+. The average molecular weight is 341 g/mol. The molecule has 1 radical (unpaired) electrons. The second-order valence-corrected chi connectivity index (χ2v) is 5.59. The molecule has 0 amide bonds. The number of hydrogen-bond acceptors (Lipinski definition) is 1. The maximum absolute atomic E-state index is 13.6. The van der Waals surface area contributed by atoms with E-state index in [9.17, 15) is 4.39 Å². The van der Waals surface area contributed by atoms with E-state index in [1.165, 1.54) is 38.4 Å². The van der Waals surface area contributed by atoms with E-state index in [0.717, 1.165) is 16.6 Å². The van der Waals surface area contributed by atoms with Gasteiger partial charge in [0.05, 0.1) is 20.1 Å². The number of quaternary nitrogens is 1. The third-order valence-corrected chi connectivity index (χ3v) is 3.94. The predicted octanol–water partition coefficient (Wildman–Crippen LogP) is 3.14. The molecule has 1 fully saturated rings. The first-order valence-electron chi connectivity index (χ1n) is 6.82. The molecule has 4 heteroatoms. The summed E-state index contributed by atoms with van der Waals surface area (Å²) in [5, 5.41) is 0. The molecule has 1 saturated heterocycles. The van der Waals surface area contributed by atoms with Gasteiger partial charge in [0.1, 0.15) is 13.2 Å². The largest absolute Gasteiger partial charge is 0.484 e. The monoisotopic (exact) mass is 341 g/mol. The van der Waals surface area contributed by atoms with Gasteiger partial charge in [-0.05, 0) is 37.8 Å². The quantitative estimate of drug-likeness (QED) is 0.765. The molecule has 2 nitrogen and oxygen atoms in total. The Morgan fingerprint density at radius 2 is 1.89 bits per heavy atom. The number of ether oxygens (including phenoxy) is 1. The number of benzene rings is 1. The molecule has 0 spiro atoms. The van der Waals surface area contributed by atoms with Gasteiger partial charge in [0.25, 0.3) is 0 Å². The Hall–Kier alpha value is 0.0139. The summed E-state index contributed by atoms with van der Waals surface area (Å²) in [6, 6.07) is 5.06. The first kappa shape index (κ1) is 17.1. The van der Waals surface area contributed by atoms with E-state index < -0.39 is 0 Å². The van der Waals surface area contributed by atoms with Gasteiger partial charge in [-0.1, -0.05) is 12.1 Å². The van der Waals surface area contributed by atoms with E-state index in [4.69, 9.17) is 4.74 Å². The van der Waals surface area contributed by atoms with E-state index in [0.29, 0.717) is 12.4 Å². The Bertz CT molecular complexity index is 385. The Morgan fingerprint density at radius 1 is 1.21 bits per heavy atom. The molecule has 1 aromatic rings. The van der Waals surface area contributed by atoms with Crippen LogP contribution in [0.15, 0.2) is 18.2 Å². The van der Waals surface area contributed by atoms with E-state index >= 15 is 0 Å². The summed E-state index contributed by atoms with van der Waals surface area (Å²) in [4.78, 5) is 0. The van der Waals surface area contributed by atoms with Gasteiger partial charge in [-0.15, -0.1) is 0 Å². The zero-order chi connectivity index (χ0) is 13.0. The number of likely N-dealkylation sites (tertiary alicyclic amines) is 1. The van der Waals surface area contributed by atoms with E-state index in [1.54, 1.807) is 6.07 Å². The van der Waals surface area contributed by atoms with Gasteiger partial charge in [0, 0.05) is 32.7 Å². The first-order chi connectivity index (χ1) is 8.61. The minimum Gasteiger partial charge on any atom is -0.484 e. The Labute approximate surface area is 140 Å². The summed E-state index contributed by atoms with van der Waals surface area (Å²) < 4.78 is 20.3.